The number of rotatable bonds is 2. The number of benzene rings is 1. The van der Waals surface area contributed by atoms with Gasteiger partial charge in [0.2, 0.25) is 0 Å². The van der Waals surface area contributed by atoms with Crippen molar-refractivity contribution in [2.45, 2.75) is 5.16 Å². The lowest BCUT2D eigenvalue weighted by molar-refractivity contribution is 0.787. The Morgan fingerprint density at radius 3 is 2.53 bits per heavy atom. The molecular formula is C9H7Cl2N3S. The summed E-state index contributed by atoms with van der Waals surface area (Å²) in [4.78, 5) is 4.09. The highest BCUT2D eigenvalue weighted by molar-refractivity contribution is 7.98. The van der Waals surface area contributed by atoms with Gasteiger partial charge in [0.15, 0.2) is 5.16 Å². The van der Waals surface area contributed by atoms with Gasteiger partial charge in [-0.05, 0) is 18.4 Å². The molecule has 0 aliphatic heterocycles. The van der Waals surface area contributed by atoms with Crippen LogP contribution in [-0.2, 0) is 0 Å². The Morgan fingerprint density at radius 1 is 1.27 bits per heavy atom. The van der Waals surface area contributed by atoms with Crippen molar-refractivity contribution in [2.75, 3.05) is 6.26 Å². The van der Waals surface area contributed by atoms with Gasteiger partial charge in [-0.2, -0.15) is 5.10 Å². The summed E-state index contributed by atoms with van der Waals surface area (Å²) >= 11 is 13.6. The van der Waals surface area contributed by atoms with Crippen LogP contribution in [0.4, 0.5) is 0 Å². The largest absolute Gasteiger partial charge is 0.209 e. The Labute approximate surface area is 101 Å². The SMILES string of the molecule is CSc1ncnn1-c1c(Cl)cccc1Cl. The molecule has 0 fully saturated rings. The van der Waals surface area contributed by atoms with E-state index in [-0.39, 0.29) is 0 Å². The van der Waals surface area contributed by atoms with Gasteiger partial charge in [-0.15, -0.1) is 0 Å². The summed E-state index contributed by atoms with van der Waals surface area (Å²) in [6.07, 6.45) is 3.40. The van der Waals surface area contributed by atoms with E-state index in [0.717, 1.165) is 5.16 Å². The van der Waals surface area contributed by atoms with Crippen molar-refractivity contribution in [3.63, 3.8) is 0 Å². The fourth-order valence-corrected chi connectivity index (χ4v) is 2.24. The molecule has 2 rings (SSSR count). The van der Waals surface area contributed by atoms with Crippen LogP contribution < -0.4 is 0 Å². The minimum absolute atomic E-state index is 0.559. The zero-order valence-electron chi connectivity index (χ0n) is 7.82. The van der Waals surface area contributed by atoms with Gasteiger partial charge in [-0.1, -0.05) is 41.0 Å². The fourth-order valence-electron chi connectivity index (χ4n) is 1.21. The van der Waals surface area contributed by atoms with Crippen LogP contribution in [-0.4, -0.2) is 21.0 Å². The molecule has 1 heterocycles. The molecule has 15 heavy (non-hydrogen) atoms. The highest BCUT2D eigenvalue weighted by Gasteiger charge is 2.12. The third-order valence-electron chi connectivity index (χ3n) is 1.85. The van der Waals surface area contributed by atoms with Crippen molar-refractivity contribution in [2.24, 2.45) is 0 Å². The Kier molecular flexibility index (Phi) is 3.19. The second-order valence-electron chi connectivity index (χ2n) is 2.73. The van der Waals surface area contributed by atoms with Gasteiger partial charge in [0.1, 0.15) is 12.0 Å². The quantitative estimate of drug-likeness (QED) is 0.776. The molecular weight excluding hydrogens is 253 g/mol. The lowest BCUT2D eigenvalue weighted by atomic mass is 10.3. The summed E-state index contributed by atoms with van der Waals surface area (Å²) in [5.41, 5.74) is 0.669. The second kappa shape index (κ2) is 4.43. The fraction of sp³-hybridized carbons (Fsp3) is 0.111. The summed E-state index contributed by atoms with van der Waals surface area (Å²) in [6.45, 7) is 0. The van der Waals surface area contributed by atoms with E-state index in [0.29, 0.717) is 15.7 Å². The minimum atomic E-state index is 0.559. The lowest BCUT2D eigenvalue weighted by Gasteiger charge is -2.07. The van der Waals surface area contributed by atoms with E-state index in [1.807, 2.05) is 6.26 Å². The number of halogens is 2. The monoisotopic (exact) mass is 259 g/mol. The molecule has 2 aromatic rings. The van der Waals surface area contributed by atoms with Gasteiger partial charge in [0, 0.05) is 0 Å². The molecule has 0 N–H and O–H groups in total. The smallest absolute Gasteiger partial charge is 0.190 e. The maximum absolute atomic E-state index is 6.07. The Balaban J connectivity index is 2.63. The van der Waals surface area contributed by atoms with Gasteiger partial charge in [-0.25, -0.2) is 9.67 Å². The predicted molar refractivity (Wildman–Crippen MR) is 63.2 cm³/mol. The van der Waals surface area contributed by atoms with Crippen molar-refractivity contribution < 1.29 is 0 Å². The Morgan fingerprint density at radius 2 is 1.93 bits per heavy atom. The highest BCUT2D eigenvalue weighted by Crippen LogP contribution is 2.29. The van der Waals surface area contributed by atoms with Crippen LogP contribution in [0, 0.1) is 0 Å². The molecule has 0 unspecified atom stereocenters. The molecule has 0 radical (unpaired) electrons. The van der Waals surface area contributed by atoms with Crippen molar-refractivity contribution in [3.05, 3.63) is 34.6 Å². The number of para-hydroxylation sites is 1. The first-order valence-electron chi connectivity index (χ1n) is 4.12. The van der Waals surface area contributed by atoms with Crippen molar-refractivity contribution in [1.29, 1.82) is 0 Å². The van der Waals surface area contributed by atoms with Crippen molar-refractivity contribution >= 4 is 35.0 Å². The standard InChI is InChI=1S/C9H7Cl2N3S/c1-15-9-12-5-13-14(9)8-6(10)3-2-4-7(8)11/h2-5H,1H3. The van der Waals surface area contributed by atoms with Gasteiger partial charge >= 0.3 is 0 Å². The zero-order chi connectivity index (χ0) is 10.8. The van der Waals surface area contributed by atoms with E-state index in [4.69, 9.17) is 23.2 Å². The second-order valence-corrected chi connectivity index (χ2v) is 4.32. The van der Waals surface area contributed by atoms with Crippen LogP contribution in [0.3, 0.4) is 0 Å². The number of nitrogens with zero attached hydrogens (tertiary/aromatic N) is 3. The summed E-state index contributed by atoms with van der Waals surface area (Å²) < 4.78 is 1.63. The normalized spacial score (nSPS) is 10.6. The highest BCUT2D eigenvalue weighted by atomic mass is 35.5. The van der Waals surface area contributed by atoms with E-state index in [2.05, 4.69) is 10.1 Å². The predicted octanol–water partition coefficient (Wildman–Crippen LogP) is 3.30. The average molecular weight is 260 g/mol. The molecule has 3 nitrogen and oxygen atoms in total. The molecule has 0 atom stereocenters. The van der Waals surface area contributed by atoms with Gasteiger partial charge in [-0.3, -0.25) is 0 Å². The molecule has 0 bridgehead atoms. The molecule has 6 heteroatoms. The van der Waals surface area contributed by atoms with Crippen LogP contribution in [0.2, 0.25) is 10.0 Å². The number of hydrogen-bond donors (Lipinski definition) is 0. The van der Waals surface area contributed by atoms with Crippen LogP contribution >= 0.6 is 35.0 Å². The number of hydrogen-bond acceptors (Lipinski definition) is 3. The van der Waals surface area contributed by atoms with E-state index >= 15 is 0 Å². The third kappa shape index (κ3) is 1.97. The van der Waals surface area contributed by atoms with E-state index in [1.165, 1.54) is 18.1 Å². The molecule has 0 amide bonds. The first-order valence-corrected chi connectivity index (χ1v) is 6.10. The molecule has 0 aliphatic carbocycles. The van der Waals surface area contributed by atoms with Gasteiger partial charge in [0.25, 0.3) is 0 Å². The summed E-state index contributed by atoms with van der Waals surface area (Å²) in [6, 6.07) is 5.34. The summed E-state index contributed by atoms with van der Waals surface area (Å²) in [5, 5.41) is 5.97. The van der Waals surface area contributed by atoms with E-state index in [9.17, 15) is 0 Å². The maximum atomic E-state index is 6.07. The summed E-state index contributed by atoms with van der Waals surface area (Å²) in [5.74, 6) is 0. The maximum Gasteiger partial charge on any atom is 0.190 e. The minimum Gasteiger partial charge on any atom is -0.209 e. The topological polar surface area (TPSA) is 30.7 Å². The van der Waals surface area contributed by atoms with Gasteiger partial charge in [0.05, 0.1) is 10.0 Å². The summed E-state index contributed by atoms with van der Waals surface area (Å²) in [7, 11) is 0. The average Bonchev–Trinajstić information content (AvgIpc) is 2.65. The molecule has 0 saturated heterocycles. The molecule has 1 aromatic heterocycles. The molecule has 0 aliphatic rings. The molecule has 78 valence electrons. The number of thioether (sulfide) groups is 1. The third-order valence-corrected chi connectivity index (χ3v) is 3.10. The van der Waals surface area contributed by atoms with Crippen LogP contribution in [0.15, 0.2) is 29.7 Å². The molecule has 0 saturated carbocycles. The Hall–Kier alpha value is -0.710. The zero-order valence-corrected chi connectivity index (χ0v) is 10.1. The van der Waals surface area contributed by atoms with E-state index < -0.39 is 0 Å². The molecule has 0 spiro atoms. The lowest BCUT2D eigenvalue weighted by Crippen LogP contribution is -2.00. The van der Waals surface area contributed by atoms with Crippen LogP contribution in [0.5, 0.6) is 0 Å². The van der Waals surface area contributed by atoms with Crippen LogP contribution in [0.1, 0.15) is 0 Å². The van der Waals surface area contributed by atoms with E-state index in [1.54, 1.807) is 22.9 Å². The molecule has 1 aromatic carbocycles. The van der Waals surface area contributed by atoms with Crippen molar-refractivity contribution in [3.8, 4) is 5.69 Å². The van der Waals surface area contributed by atoms with Gasteiger partial charge < -0.3 is 0 Å². The number of aromatic nitrogens is 3. The first-order chi connectivity index (χ1) is 7.24. The van der Waals surface area contributed by atoms with Crippen LogP contribution in [0.25, 0.3) is 5.69 Å². The Bertz CT molecular complexity index is 464. The first kappa shape index (κ1) is 10.8. The van der Waals surface area contributed by atoms with Crippen molar-refractivity contribution in [1.82, 2.24) is 14.8 Å².